The lowest BCUT2D eigenvalue weighted by molar-refractivity contribution is 0.542. The molecule has 0 radical (unpaired) electrons. The Hall–Kier alpha value is -0.890. The summed E-state index contributed by atoms with van der Waals surface area (Å²) >= 11 is 0. The number of likely N-dealkylation sites (N-methyl/N-ethyl adjacent to an activating group) is 1. The van der Waals surface area contributed by atoms with Gasteiger partial charge in [0.15, 0.2) is 0 Å². The molecule has 1 fully saturated rings. The van der Waals surface area contributed by atoms with Crippen molar-refractivity contribution in [1.82, 2.24) is 10.3 Å². The standard InChI is InChI=1S/C11H16N2/c1-9-3-6-13-10(7-9)8-11(12-2)4-5-11/h3,6-7,12H,4-5,8H2,1-2H3. The molecule has 1 aromatic rings. The van der Waals surface area contributed by atoms with Crippen molar-refractivity contribution in [3.63, 3.8) is 0 Å². The number of hydrogen-bond acceptors (Lipinski definition) is 2. The van der Waals surface area contributed by atoms with Gasteiger partial charge in [0.05, 0.1) is 0 Å². The number of rotatable bonds is 3. The van der Waals surface area contributed by atoms with Crippen LogP contribution in [0.1, 0.15) is 24.1 Å². The molecule has 1 aliphatic carbocycles. The van der Waals surface area contributed by atoms with Gasteiger partial charge in [-0.1, -0.05) is 0 Å². The van der Waals surface area contributed by atoms with Gasteiger partial charge in [0.2, 0.25) is 0 Å². The molecule has 70 valence electrons. The first-order valence-corrected chi connectivity index (χ1v) is 4.85. The molecule has 1 N–H and O–H groups in total. The summed E-state index contributed by atoms with van der Waals surface area (Å²) < 4.78 is 0. The molecule has 1 heterocycles. The molecular weight excluding hydrogens is 160 g/mol. The van der Waals surface area contributed by atoms with Crippen molar-refractivity contribution >= 4 is 0 Å². The summed E-state index contributed by atoms with van der Waals surface area (Å²) in [5, 5.41) is 3.38. The van der Waals surface area contributed by atoms with Crippen LogP contribution in [0.3, 0.4) is 0 Å². The van der Waals surface area contributed by atoms with E-state index in [0.29, 0.717) is 5.54 Å². The Labute approximate surface area is 79.4 Å². The van der Waals surface area contributed by atoms with Crippen LogP contribution in [0.4, 0.5) is 0 Å². The number of hydrogen-bond donors (Lipinski definition) is 1. The zero-order chi connectivity index (χ0) is 9.31. The molecule has 2 nitrogen and oxygen atoms in total. The molecule has 0 atom stereocenters. The zero-order valence-corrected chi connectivity index (χ0v) is 8.30. The maximum atomic E-state index is 4.37. The van der Waals surface area contributed by atoms with Crippen molar-refractivity contribution in [2.45, 2.75) is 31.7 Å². The molecule has 1 saturated carbocycles. The summed E-state index contributed by atoms with van der Waals surface area (Å²) in [7, 11) is 2.04. The summed E-state index contributed by atoms with van der Waals surface area (Å²) in [6.45, 7) is 2.12. The zero-order valence-electron chi connectivity index (χ0n) is 8.30. The Kier molecular flexibility index (Phi) is 2.08. The second kappa shape index (κ2) is 3.11. The molecule has 0 aromatic carbocycles. The van der Waals surface area contributed by atoms with Crippen LogP contribution in [-0.4, -0.2) is 17.6 Å². The molecule has 1 aromatic heterocycles. The van der Waals surface area contributed by atoms with Gasteiger partial charge in [0.1, 0.15) is 0 Å². The van der Waals surface area contributed by atoms with E-state index in [0.717, 1.165) is 6.42 Å². The van der Waals surface area contributed by atoms with Crippen molar-refractivity contribution in [3.05, 3.63) is 29.6 Å². The van der Waals surface area contributed by atoms with Crippen LogP contribution in [0, 0.1) is 6.92 Å². The van der Waals surface area contributed by atoms with Gasteiger partial charge in [-0.3, -0.25) is 4.98 Å². The molecule has 0 amide bonds. The predicted octanol–water partition coefficient (Wildman–Crippen LogP) is 1.68. The Balaban J connectivity index is 2.09. The van der Waals surface area contributed by atoms with Gasteiger partial charge in [-0.15, -0.1) is 0 Å². The number of pyridine rings is 1. The molecule has 0 bridgehead atoms. The summed E-state index contributed by atoms with van der Waals surface area (Å²) in [5.41, 5.74) is 2.89. The topological polar surface area (TPSA) is 24.9 Å². The summed E-state index contributed by atoms with van der Waals surface area (Å²) in [5.74, 6) is 0. The molecule has 0 saturated heterocycles. The van der Waals surface area contributed by atoms with Crippen LogP contribution in [0.15, 0.2) is 18.3 Å². The van der Waals surface area contributed by atoms with Gasteiger partial charge < -0.3 is 5.32 Å². The van der Waals surface area contributed by atoms with E-state index in [1.54, 1.807) is 0 Å². The molecule has 0 aliphatic heterocycles. The van der Waals surface area contributed by atoms with E-state index in [4.69, 9.17) is 0 Å². The third-order valence-electron chi connectivity index (χ3n) is 2.88. The van der Waals surface area contributed by atoms with E-state index >= 15 is 0 Å². The lowest BCUT2D eigenvalue weighted by atomic mass is 10.1. The van der Waals surface area contributed by atoms with Crippen molar-refractivity contribution < 1.29 is 0 Å². The summed E-state index contributed by atoms with van der Waals surface area (Å²) in [6, 6.07) is 4.22. The number of nitrogens with zero attached hydrogens (tertiary/aromatic N) is 1. The fourth-order valence-corrected chi connectivity index (χ4v) is 1.71. The second-order valence-electron chi connectivity index (χ2n) is 4.03. The van der Waals surface area contributed by atoms with Crippen LogP contribution in [0.25, 0.3) is 0 Å². The van der Waals surface area contributed by atoms with Gasteiger partial charge in [-0.25, -0.2) is 0 Å². The Morgan fingerprint density at radius 3 is 2.85 bits per heavy atom. The maximum absolute atomic E-state index is 4.37. The highest BCUT2D eigenvalue weighted by Crippen LogP contribution is 2.37. The number of aromatic nitrogens is 1. The Morgan fingerprint density at radius 2 is 2.31 bits per heavy atom. The minimum absolute atomic E-state index is 0.376. The van der Waals surface area contributed by atoms with Crippen LogP contribution >= 0.6 is 0 Å². The van der Waals surface area contributed by atoms with E-state index in [9.17, 15) is 0 Å². The highest BCUT2D eigenvalue weighted by atomic mass is 15.0. The molecule has 2 heteroatoms. The maximum Gasteiger partial charge on any atom is 0.0424 e. The van der Waals surface area contributed by atoms with Gasteiger partial charge in [0, 0.05) is 23.9 Å². The predicted molar refractivity (Wildman–Crippen MR) is 53.7 cm³/mol. The fourth-order valence-electron chi connectivity index (χ4n) is 1.71. The van der Waals surface area contributed by atoms with E-state index in [2.05, 4.69) is 23.3 Å². The lowest BCUT2D eigenvalue weighted by Crippen LogP contribution is -2.29. The largest absolute Gasteiger partial charge is 0.314 e. The molecule has 0 unspecified atom stereocenters. The molecular formula is C11H16N2. The van der Waals surface area contributed by atoms with Gasteiger partial charge >= 0.3 is 0 Å². The van der Waals surface area contributed by atoms with Gasteiger partial charge in [-0.2, -0.15) is 0 Å². The van der Waals surface area contributed by atoms with E-state index in [1.165, 1.54) is 24.1 Å². The second-order valence-corrected chi connectivity index (χ2v) is 4.03. The average molecular weight is 176 g/mol. The van der Waals surface area contributed by atoms with Crippen molar-refractivity contribution in [2.75, 3.05) is 7.05 Å². The first-order chi connectivity index (χ1) is 6.24. The van der Waals surface area contributed by atoms with Crippen molar-refractivity contribution in [1.29, 1.82) is 0 Å². The third-order valence-corrected chi connectivity index (χ3v) is 2.88. The minimum atomic E-state index is 0.376. The first-order valence-electron chi connectivity index (χ1n) is 4.85. The van der Waals surface area contributed by atoms with Crippen LogP contribution in [0.2, 0.25) is 0 Å². The number of nitrogens with one attached hydrogen (secondary N) is 1. The van der Waals surface area contributed by atoms with E-state index in [-0.39, 0.29) is 0 Å². The number of aryl methyl sites for hydroxylation is 1. The summed E-state index contributed by atoms with van der Waals surface area (Å²) in [6.07, 6.45) is 5.56. The quantitative estimate of drug-likeness (QED) is 0.758. The third kappa shape index (κ3) is 1.89. The highest BCUT2D eigenvalue weighted by molar-refractivity contribution is 5.19. The smallest absolute Gasteiger partial charge is 0.0424 e. The van der Waals surface area contributed by atoms with E-state index < -0.39 is 0 Å². The molecule has 0 spiro atoms. The van der Waals surface area contributed by atoms with Crippen LogP contribution < -0.4 is 5.32 Å². The first kappa shape index (κ1) is 8.70. The summed E-state index contributed by atoms with van der Waals surface area (Å²) in [4.78, 5) is 4.37. The van der Waals surface area contributed by atoms with Crippen molar-refractivity contribution in [2.24, 2.45) is 0 Å². The van der Waals surface area contributed by atoms with Gasteiger partial charge in [0.25, 0.3) is 0 Å². The monoisotopic (exact) mass is 176 g/mol. The van der Waals surface area contributed by atoms with Gasteiger partial charge in [-0.05, 0) is 44.5 Å². The Bertz CT molecular complexity index is 303. The molecule has 1 aliphatic rings. The fraction of sp³-hybridized carbons (Fsp3) is 0.545. The average Bonchev–Trinajstić information content (AvgIpc) is 2.86. The van der Waals surface area contributed by atoms with Crippen molar-refractivity contribution in [3.8, 4) is 0 Å². The SMILES string of the molecule is CNC1(Cc2cc(C)ccn2)CC1. The highest BCUT2D eigenvalue weighted by Gasteiger charge is 2.41. The van der Waals surface area contributed by atoms with Crippen LogP contribution in [-0.2, 0) is 6.42 Å². The molecule has 13 heavy (non-hydrogen) atoms. The van der Waals surface area contributed by atoms with Crippen LogP contribution in [0.5, 0.6) is 0 Å². The normalized spacial score (nSPS) is 18.6. The van der Waals surface area contributed by atoms with E-state index in [1.807, 2.05) is 19.3 Å². The molecule has 2 rings (SSSR count). The Morgan fingerprint density at radius 1 is 1.54 bits per heavy atom. The minimum Gasteiger partial charge on any atom is -0.314 e. The lowest BCUT2D eigenvalue weighted by Gasteiger charge is -2.13.